The summed E-state index contributed by atoms with van der Waals surface area (Å²) in [6.07, 6.45) is 6.17. The molecule has 0 bridgehead atoms. The van der Waals surface area contributed by atoms with Crippen molar-refractivity contribution in [3.63, 3.8) is 0 Å². The molecular formula is C12H12N2O2. The second kappa shape index (κ2) is 4.93. The van der Waals surface area contributed by atoms with Gasteiger partial charge in [-0.25, -0.2) is 0 Å². The average Bonchev–Trinajstić information content (AvgIpc) is 2.26. The third-order valence-electron chi connectivity index (χ3n) is 1.99. The van der Waals surface area contributed by atoms with E-state index in [-0.39, 0.29) is 5.56 Å². The fourth-order valence-electron chi connectivity index (χ4n) is 1.25. The van der Waals surface area contributed by atoms with Gasteiger partial charge in [0.05, 0.1) is 0 Å². The zero-order valence-corrected chi connectivity index (χ0v) is 8.72. The van der Waals surface area contributed by atoms with Gasteiger partial charge in [-0.1, -0.05) is 19.2 Å². The molecule has 1 amide bonds. The van der Waals surface area contributed by atoms with Gasteiger partial charge in [-0.15, -0.1) is 0 Å². The summed E-state index contributed by atoms with van der Waals surface area (Å²) in [4.78, 5) is 22.8. The summed E-state index contributed by atoms with van der Waals surface area (Å²) < 4.78 is 1.29. The van der Waals surface area contributed by atoms with E-state index in [9.17, 15) is 9.59 Å². The maximum Gasteiger partial charge on any atom is 0.267 e. The summed E-state index contributed by atoms with van der Waals surface area (Å²) in [6, 6.07) is 2.96. The fraction of sp³-hybridized carbons (Fsp3) is 0. The zero-order valence-electron chi connectivity index (χ0n) is 8.72. The number of rotatable bonds is 4. The molecule has 0 saturated carbocycles. The minimum absolute atomic E-state index is 0.0562. The van der Waals surface area contributed by atoms with Gasteiger partial charge in [0.2, 0.25) is 0 Å². The van der Waals surface area contributed by atoms with Crippen LogP contribution in [0, 0.1) is 0 Å². The average molecular weight is 216 g/mol. The number of nitrogens with zero attached hydrogens (tertiary/aromatic N) is 1. The van der Waals surface area contributed by atoms with Crippen LogP contribution in [0.2, 0.25) is 0 Å². The van der Waals surface area contributed by atoms with Crippen LogP contribution in [0.5, 0.6) is 0 Å². The maximum atomic E-state index is 11.8. The number of hydrogen-bond donors (Lipinski definition) is 1. The topological polar surface area (TPSA) is 65.1 Å². The number of pyridine rings is 1. The van der Waals surface area contributed by atoms with Crippen molar-refractivity contribution in [2.24, 2.45) is 5.73 Å². The first-order chi connectivity index (χ1) is 7.61. The van der Waals surface area contributed by atoms with Gasteiger partial charge < -0.3 is 5.73 Å². The predicted octanol–water partition coefficient (Wildman–Crippen LogP) is 1.16. The highest BCUT2D eigenvalue weighted by molar-refractivity contribution is 5.92. The molecule has 0 aliphatic carbocycles. The van der Waals surface area contributed by atoms with Crippen molar-refractivity contribution in [2.75, 3.05) is 0 Å². The van der Waals surface area contributed by atoms with E-state index in [0.717, 1.165) is 0 Å². The van der Waals surface area contributed by atoms with Gasteiger partial charge in [0.1, 0.15) is 5.56 Å². The number of hydrogen-bond acceptors (Lipinski definition) is 2. The first kappa shape index (κ1) is 11.7. The van der Waals surface area contributed by atoms with Gasteiger partial charge in [-0.2, -0.15) is 0 Å². The second-order valence-electron chi connectivity index (χ2n) is 2.99. The van der Waals surface area contributed by atoms with Gasteiger partial charge in [0, 0.05) is 11.9 Å². The Morgan fingerprint density at radius 1 is 1.44 bits per heavy atom. The van der Waals surface area contributed by atoms with Crippen LogP contribution in [0.4, 0.5) is 0 Å². The van der Waals surface area contributed by atoms with Crippen molar-refractivity contribution in [2.45, 2.75) is 0 Å². The molecule has 0 aliphatic rings. The lowest BCUT2D eigenvalue weighted by Gasteiger charge is -2.06. The molecule has 1 rings (SSSR count). The van der Waals surface area contributed by atoms with E-state index in [1.165, 1.54) is 29.0 Å². The lowest BCUT2D eigenvalue weighted by Crippen LogP contribution is -2.28. The van der Waals surface area contributed by atoms with Crippen LogP contribution in [0.25, 0.3) is 5.70 Å². The van der Waals surface area contributed by atoms with E-state index in [0.29, 0.717) is 5.70 Å². The SMILES string of the molecule is C=C/C=C(\C=C)n1cccc(C(N)=O)c1=O. The molecule has 0 aromatic carbocycles. The quantitative estimate of drug-likeness (QED) is 0.767. The predicted molar refractivity (Wildman–Crippen MR) is 63.9 cm³/mol. The Hall–Kier alpha value is -2.36. The van der Waals surface area contributed by atoms with Gasteiger partial charge in [0.25, 0.3) is 11.5 Å². The lowest BCUT2D eigenvalue weighted by atomic mass is 10.2. The van der Waals surface area contributed by atoms with Crippen LogP contribution in [0.3, 0.4) is 0 Å². The third kappa shape index (κ3) is 2.17. The first-order valence-electron chi connectivity index (χ1n) is 4.58. The Balaban J connectivity index is 3.47. The molecule has 0 radical (unpaired) electrons. The summed E-state index contributed by atoms with van der Waals surface area (Å²) in [5.74, 6) is -0.749. The highest BCUT2D eigenvalue weighted by Crippen LogP contribution is 2.03. The largest absolute Gasteiger partial charge is 0.365 e. The molecule has 82 valence electrons. The van der Waals surface area contributed by atoms with Crippen LogP contribution in [-0.2, 0) is 0 Å². The summed E-state index contributed by atoms with van der Waals surface area (Å²) >= 11 is 0. The van der Waals surface area contributed by atoms with Crippen LogP contribution in [-0.4, -0.2) is 10.5 Å². The van der Waals surface area contributed by atoms with E-state index in [2.05, 4.69) is 13.2 Å². The number of primary amides is 1. The minimum Gasteiger partial charge on any atom is -0.365 e. The fourth-order valence-corrected chi connectivity index (χ4v) is 1.25. The Labute approximate surface area is 93.0 Å². The summed E-state index contributed by atoms with van der Waals surface area (Å²) in [7, 11) is 0. The lowest BCUT2D eigenvalue weighted by molar-refractivity contribution is 0.0998. The Bertz CT molecular complexity index is 524. The maximum absolute atomic E-state index is 11.8. The molecule has 4 heteroatoms. The van der Waals surface area contributed by atoms with Crippen LogP contribution in [0.15, 0.2) is 54.5 Å². The second-order valence-corrected chi connectivity index (χ2v) is 2.99. The molecule has 1 aromatic heterocycles. The molecular weight excluding hydrogens is 204 g/mol. The van der Waals surface area contributed by atoms with Crippen molar-refractivity contribution in [1.82, 2.24) is 4.57 Å². The molecule has 0 saturated heterocycles. The summed E-state index contributed by atoms with van der Waals surface area (Å²) in [5.41, 5.74) is 5.09. The number of carbonyl (C=O) groups is 1. The smallest absolute Gasteiger partial charge is 0.267 e. The van der Waals surface area contributed by atoms with Crippen molar-refractivity contribution < 1.29 is 4.79 Å². The van der Waals surface area contributed by atoms with Crippen molar-refractivity contribution in [3.05, 3.63) is 65.6 Å². The molecule has 0 aliphatic heterocycles. The molecule has 0 spiro atoms. The molecule has 1 heterocycles. The van der Waals surface area contributed by atoms with E-state index < -0.39 is 11.5 Å². The molecule has 0 fully saturated rings. The first-order valence-corrected chi connectivity index (χ1v) is 4.58. The number of amides is 1. The molecule has 1 aromatic rings. The zero-order chi connectivity index (χ0) is 12.1. The highest BCUT2D eigenvalue weighted by atomic mass is 16.2. The molecule has 4 nitrogen and oxygen atoms in total. The molecule has 0 unspecified atom stereocenters. The Kier molecular flexibility index (Phi) is 3.61. The minimum atomic E-state index is -0.749. The monoisotopic (exact) mass is 216 g/mol. The third-order valence-corrected chi connectivity index (χ3v) is 1.99. The summed E-state index contributed by atoms with van der Waals surface area (Å²) in [6.45, 7) is 7.11. The normalized spacial score (nSPS) is 10.9. The molecule has 0 atom stereocenters. The standard InChI is InChI=1S/C12H12N2O2/c1-3-6-9(4-2)14-8-5-7-10(11(13)15)12(14)16/h3-8H,1-2H2,(H2,13,15)/b9-6+. The van der Waals surface area contributed by atoms with E-state index in [1.54, 1.807) is 12.1 Å². The van der Waals surface area contributed by atoms with Gasteiger partial charge in [-0.3, -0.25) is 14.2 Å². The van der Waals surface area contributed by atoms with Crippen LogP contribution in [0.1, 0.15) is 10.4 Å². The van der Waals surface area contributed by atoms with Crippen molar-refractivity contribution in [1.29, 1.82) is 0 Å². The summed E-state index contributed by atoms with van der Waals surface area (Å²) in [5, 5.41) is 0. The Morgan fingerprint density at radius 2 is 2.12 bits per heavy atom. The highest BCUT2D eigenvalue weighted by Gasteiger charge is 2.08. The van der Waals surface area contributed by atoms with Gasteiger partial charge in [0.15, 0.2) is 0 Å². The van der Waals surface area contributed by atoms with E-state index in [4.69, 9.17) is 5.73 Å². The van der Waals surface area contributed by atoms with Crippen molar-refractivity contribution in [3.8, 4) is 0 Å². The molecule has 2 N–H and O–H groups in total. The number of nitrogens with two attached hydrogens (primary N) is 1. The van der Waals surface area contributed by atoms with Crippen molar-refractivity contribution >= 4 is 11.6 Å². The molecule has 16 heavy (non-hydrogen) atoms. The number of aromatic nitrogens is 1. The van der Waals surface area contributed by atoms with E-state index >= 15 is 0 Å². The van der Waals surface area contributed by atoms with Gasteiger partial charge in [-0.05, 0) is 24.3 Å². The van der Waals surface area contributed by atoms with E-state index in [1.807, 2.05) is 0 Å². The van der Waals surface area contributed by atoms with Crippen LogP contribution < -0.4 is 11.3 Å². The number of allylic oxidation sites excluding steroid dienone is 4. The van der Waals surface area contributed by atoms with Gasteiger partial charge >= 0.3 is 0 Å². The number of carbonyl (C=O) groups excluding carboxylic acids is 1. The Morgan fingerprint density at radius 3 is 2.62 bits per heavy atom. The van der Waals surface area contributed by atoms with Crippen LogP contribution >= 0.6 is 0 Å².